The van der Waals surface area contributed by atoms with E-state index >= 15 is 0 Å². The summed E-state index contributed by atoms with van der Waals surface area (Å²) in [6.07, 6.45) is 0. The molecule has 0 saturated carbocycles. The number of hydrogen-bond donors (Lipinski definition) is 1. The molecule has 2 rings (SSSR count). The second kappa shape index (κ2) is 5.40. The number of hydrogen-bond acceptors (Lipinski definition) is 2. The molecule has 0 fully saturated rings. The Hall–Kier alpha value is -1.88. The molecule has 0 atom stereocenters. The maximum atomic E-state index is 12.9. The standard InChI is InChI=1S/C14H11BrFNO2/c1-17(11-5-3-10(16)4-6-11)13-7-2-9(14(18)19)8-12(13)15/h2-8H,1H3,(H,18,19). The van der Waals surface area contributed by atoms with Crippen molar-refractivity contribution >= 4 is 33.3 Å². The summed E-state index contributed by atoms with van der Waals surface area (Å²) in [5.41, 5.74) is 1.82. The summed E-state index contributed by atoms with van der Waals surface area (Å²) in [6.45, 7) is 0. The summed E-state index contributed by atoms with van der Waals surface area (Å²) in [4.78, 5) is 12.7. The van der Waals surface area contributed by atoms with E-state index in [1.165, 1.54) is 24.3 Å². The van der Waals surface area contributed by atoms with E-state index in [2.05, 4.69) is 15.9 Å². The Morgan fingerprint density at radius 1 is 1.21 bits per heavy atom. The zero-order chi connectivity index (χ0) is 14.0. The van der Waals surface area contributed by atoms with E-state index in [9.17, 15) is 9.18 Å². The van der Waals surface area contributed by atoms with Gasteiger partial charge in [-0.05, 0) is 58.4 Å². The van der Waals surface area contributed by atoms with Crippen molar-refractivity contribution in [2.75, 3.05) is 11.9 Å². The minimum absolute atomic E-state index is 0.211. The molecule has 2 aromatic rings. The highest BCUT2D eigenvalue weighted by Gasteiger charge is 2.11. The second-order valence-corrected chi connectivity index (χ2v) is 4.86. The zero-order valence-corrected chi connectivity index (χ0v) is 11.7. The molecule has 0 aliphatic carbocycles. The number of carboxylic acid groups (broad SMARTS) is 1. The van der Waals surface area contributed by atoms with Crippen molar-refractivity contribution < 1.29 is 14.3 Å². The fourth-order valence-electron chi connectivity index (χ4n) is 1.72. The summed E-state index contributed by atoms with van der Waals surface area (Å²) < 4.78 is 13.5. The van der Waals surface area contributed by atoms with Crippen LogP contribution in [0.15, 0.2) is 46.9 Å². The first-order chi connectivity index (χ1) is 8.99. The molecule has 0 spiro atoms. The van der Waals surface area contributed by atoms with Crippen LogP contribution in [0.5, 0.6) is 0 Å². The maximum absolute atomic E-state index is 12.9. The van der Waals surface area contributed by atoms with Gasteiger partial charge in [-0.3, -0.25) is 0 Å². The highest BCUT2D eigenvalue weighted by Crippen LogP contribution is 2.31. The number of nitrogens with zero attached hydrogens (tertiary/aromatic N) is 1. The Labute approximate surface area is 118 Å². The molecule has 0 aliphatic rings. The Morgan fingerprint density at radius 3 is 2.37 bits per heavy atom. The lowest BCUT2D eigenvalue weighted by atomic mass is 10.2. The Kier molecular flexibility index (Phi) is 3.85. The molecule has 0 radical (unpaired) electrons. The molecular weight excluding hydrogens is 313 g/mol. The Morgan fingerprint density at radius 2 is 1.84 bits per heavy atom. The molecule has 98 valence electrons. The van der Waals surface area contributed by atoms with Gasteiger partial charge in [-0.15, -0.1) is 0 Å². The third-order valence-electron chi connectivity index (χ3n) is 2.77. The van der Waals surface area contributed by atoms with Gasteiger partial charge in [0.15, 0.2) is 0 Å². The monoisotopic (exact) mass is 323 g/mol. The van der Waals surface area contributed by atoms with Crippen LogP contribution in [0.4, 0.5) is 15.8 Å². The predicted octanol–water partition coefficient (Wildman–Crippen LogP) is 4.05. The number of aromatic carboxylic acids is 1. The molecule has 3 nitrogen and oxygen atoms in total. The van der Waals surface area contributed by atoms with Crippen LogP contribution < -0.4 is 4.90 Å². The van der Waals surface area contributed by atoms with Crippen molar-refractivity contribution in [1.82, 2.24) is 0 Å². The highest BCUT2D eigenvalue weighted by atomic mass is 79.9. The zero-order valence-electron chi connectivity index (χ0n) is 10.1. The number of carboxylic acids is 1. The van der Waals surface area contributed by atoms with E-state index in [1.54, 1.807) is 18.2 Å². The fourth-order valence-corrected chi connectivity index (χ4v) is 2.36. The first-order valence-electron chi connectivity index (χ1n) is 5.51. The van der Waals surface area contributed by atoms with Crippen LogP contribution >= 0.6 is 15.9 Å². The van der Waals surface area contributed by atoms with Gasteiger partial charge >= 0.3 is 5.97 Å². The number of rotatable bonds is 3. The highest BCUT2D eigenvalue weighted by molar-refractivity contribution is 9.10. The summed E-state index contributed by atoms with van der Waals surface area (Å²) in [5.74, 6) is -1.27. The average Bonchev–Trinajstić information content (AvgIpc) is 2.38. The van der Waals surface area contributed by atoms with Gasteiger partial charge in [0.1, 0.15) is 5.82 Å². The normalized spacial score (nSPS) is 10.3. The topological polar surface area (TPSA) is 40.5 Å². The third-order valence-corrected chi connectivity index (χ3v) is 3.41. The number of halogens is 2. The summed E-state index contributed by atoms with van der Waals surface area (Å²) in [7, 11) is 1.83. The van der Waals surface area contributed by atoms with Gasteiger partial charge in [0.2, 0.25) is 0 Å². The summed E-state index contributed by atoms with van der Waals surface area (Å²) >= 11 is 3.35. The first-order valence-corrected chi connectivity index (χ1v) is 6.30. The van der Waals surface area contributed by atoms with E-state index in [1.807, 2.05) is 11.9 Å². The van der Waals surface area contributed by atoms with Crippen LogP contribution in [-0.2, 0) is 0 Å². The molecule has 2 aromatic carbocycles. The van der Waals surface area contributed by atoms with Crippen molar-refractivity contribution in [2.45, 2.75) is 0 Å². The summed E-state index contributed by atoms with van der Waals surface area (Å²) in [6, 6.07) is 10.9. The second-order valence-electron chi connectivity index (χ2n) is 4.01. The van der Waals surface area contributed by atoms with Crippen molar-refractivity contribution in [3.05, 3.63) is 58.3 Å². The van der Waals surface area contributed by atoms with Crippen molar-refractivity contribution in [3.8, 4) is 0 Å². The van der Waals surface area contributed by atoms with E-state index < -0.39 is 5.97 Å². The molecule has 0 saturated heterocycles. The van der Waals surface area contributed by atoms with Crippen LogP contribution in [0.25, 0.3) is 0 Å². The van der Waals surface area contributed by atoms with Crippen molar-refractivity contribution in [3.63, 3.8) is 0 Å². The van der Waals surface area contributed by atoms with E-state index in [0.29, 0.717) is 4.47 Å². The van der Waals surface area contributed by atoms with E-state index in [-0.39, 0.29) is 11.4 Å². The Balaban J connectivity index is 2.36. The lowest BCUT2D eigenvalue weighted by Crippen LogP contribution is -2.10. The van der Waals surface area contributed by atoms with Crippen LogP contribution in [0, 0.1) is 5.82 Å². The van der Waals surface area contributed by atoms with Crippen molar-refractivity contribution in [1.29, 1.82) is 0 Å². The van der Waals surface area contributed by atoms with Crippen LogP contribution in [-0.4, -0.2) is 18.1 Å². The lowest BCUT2D eigenvalue weighted by Gasteiger charge is -2.21. The molecule has 1 N–H and O–H groups in total. The fraction of sp³-hybridized carbons (Fsp3) is 0.0714. The molecule has 19 heavy (non-hydrogen) atoms. The molecule has 0 bridgehead atoms. The largest absolute Gasteiger partial charge is 0.478 e. The van der Waals surface area contributed by atoms with Crippen LogP contribution in [0.3, 0.4) is 0 Å². The van der Waals surface area contributed by atoms with Gasteiger partial charge < -0.3 is 10.0 Å². The lowest BCUT2D eigenvalue weighted by molar-refractivity contribution is 0.0697. The molecule has 0 aliphatic heterocycles. The molecular formula is C14H11BrFNO2. The third kappa shape index (κ3) is 2.93. The molecule has 0 unspecified atom stereocenters. The smallest absolute Gasteiger partial charge is 0.335 e. The molecule has 0 aromatic heterocycles. The van der Waals surface area contributed by atoms with Crippen molar-refractivity contribution in [2.24, 2.45) is 0 Å². The minimum Gasteiger partial charge on any atom is -0.478 e. The quantitative estimate of drug-likeness (QED) is 0.926. The SMILES string of the molecule is CN(c1ccc(F)cc1)c1ccc(C(=O)O)cc1Br. The minimum atomic E-state index is -0.975. The molecule has 5 heteroatoms. The first kappa shape index (κ1) is 13.5. The molecule has 0 heterocycles. The van der Waals surface area contributed by atoms with Gasteiger partial charge in [0, 0.05) is 17.2 Å². The number of anilines is 2. The maximum Gasteiger partial charge on any atom is 0.335 e. The van der Waals surface area contributed by atoms with E-state index in [0.717, 1.165) is 11.4 Å². The van der Waals surface area contributed by atoms with E-state index in [4.69, 9.17) is 5.11 Å². The number of benzene rings is 2. The van der Waals surface area contributed by atoms with Gasteiger partial charge in [0.25, 0.3) is 0 Å². The Bertz CT molecular complexity index is 613. The average molecular weight is 324 g/mol. The van der Waals surface area contributed by atoms with Gasteiger partial charge in [-0.2, -0.15) is 0 Å². The van der Waals surface area contributed by atoms with Gasteiger partial charge in [-0.25, -0.2) is 9.18 Å². The number of carbonyl (C=O) groups is 1. The van der Waals surface area contributed by atoms with Gasteiger partial charge in [0.05, 0.1) is 11.3 Å². The van der Waals surface area contributed by atoms with Crippen LogP contribution in [0.2, 0.25) is 0 Å². The molecule has 0 amide bonds. The van der Waals surface area contributed by atoms with Gasteiger partial charge in [-0.1, -0.05) is 0 Å². The summed E-state index contributed by atoms with van der Waals surface area (Å²) in [5, 5.41) is 8.91. The predicted molar refractivity (Wildman–Crippen MR) is 75.6 cm³/mol. The van der Waals surface area contributed by atoms with Crippen LogP contribution in [0.1, 0.15) is 10.4 Å².